The third-order valence-electron chi connectivity index (χ3n) is 3.91. The standard InChI is InChI=1S/C17H26BrNO/c1-3-5-16(19-9-4-2)7-6-13-11-15(18)12-14-8-10-20-17(13)14/h11-12,16,19H,3-10H2,1-2H3. The molecule has 0 radical (unpaired) electrons. The molecule has 2 nitrogen and oxygen atoms in total. The van der Waals surface area contributed by atoms with Gasteiger partial charge >= 0.3 is 0 Å². The lowest BCUT2D eigenvalue weighted by atomic mass is 9.99. The number of hydrogen-bond donors (Lipinski definition) is 1. The van der Waals surface area contributed by atoms with E-state index >= 15 is 0 Å². The van der Waals surface area contributed by atoms with Crippen LogP contribution < -0.4 is 10.1 Å². The van der Waals surface area contributed by atoms with Crippen molar-refractivity contribution >= 4 is 15.9 Å². The first-order valence-corrected chi connectivity index (χ1v) is 8.71. The van der Waals surface area contributed by atoms with Crippen LogP contribution in [0, 0.1) is 0 Å². The molecule has 0 aliphatic carbocycles. The first-order chi connectivity index (χ1) is 9.74. The maximum Gasteiger partial charge on any atom is 0.125 e. The zero-order valence-electron chi connectivity index (χ0n) is 12.7. The molecule has 0 spiro atoms. The van der Waals surface area contributed by atoms with E-state index in [0.717, 1.165) is 31.7 Å². The highest BCUT2D eigenvalue weighted by molar-refractivity contribution is 9.10. The Bertz CT molecular complexity index is 433. The lowest BCUT2D eigenvalue weighted by Gasteiger charge is -2.18. The molecule has 0 saturated heterocycles. The molecule has 0 saturated carbocycles. The first kappa shape index (κ1) is 15.8. The largest absolute Gasteiger partial charge is 0.493 e. The van der Waals surface area contributed by atoms with Crippen molar-refractivity contribution in [3.63, 3.8) is 0 Å². The van der Waals surface area contributed by atoms with Crippen molar-refractivity contribution in [2.45, 2.75) is 58.4 Å². The normalized spacial score (nSPS) is 14.9. The van der Waals surface area contributed by atoms with E-state index in [1.807, 2.05) is 0 Å². The number of nitrogens with one attached hydrogen (secondary N) is 1. The van der Waals surface area contributed by atoms with Gasteiger partial charge in [-0.15, -0.1) is 0 Å². The van der Waals surface area contributed by atoms with Crippen molar-refractivity contribution in [3.8, 4) is 5.75 Å². The number of aryl methyl sites for hydroxylation is 1. The fraction of sp³-hybridized carbons (Fsp3) is 0.647. The van der Waals surface area contributed by atoms with Crippen molar-refractivity contribution in [1.29, 1.82) is 0 Å². The van der Waals surface area contributed by atoms with Crippen LogP contribution in [0.25, 0.3) is 0 Å². The molecule has 1 aromatic rings. The van der Waals surface area contributed by atoms with Gasteiger partial charge in [-0.2, -0.15) is 0 Å². The molecule has 1 aliphatic heterocycles. The van der Waals surface area contributed by atoms with Gasteiger partial charge in [-0.3, -0.25) is 0 Å². The van der Waals surface area contributed by atoms with Crippen molar-refractivity contribution < 1.29 is 4.74 Å². The summed E-state index contributed by atoms with van der Waals surface area (Å²) in [5, 5.41) is 3.67. The van der Waals surface area contributed by atoms with E-state index in [4.69, 9.17) is 4.74 Å². The molecule has 20 heavy (non-hydrogen) atoms. The van der Waals surface area contributed by atoms with E-state index < -0.39 is 0 Å². The zero-order chi connectivity index (χ0) is 14.4. The van der Waals surface area contributed by atoms with Crippen molar-refractivity contribution in [3.05, 3.63) is 27.7 Å². The summed E-state index contributed by atoms with van der Waals surface area (Å²) in [7, 11) is 0. The quantitative estimate of drug-likeness (QED) is 0.753. The summed E-state index contributed by atoms with van der Waals surface area (Å²) in [4.78, 5) is 0. The summed E-state index contributed by atoms with van der Waals surface area (Å²) in [6, 6.07) is 5.06. The van der Waals surface area contributed by atoms with Crippen molar-refractivity contribution in [1.82, 2.24) is 5.32 Å². The molecule has 3 heteroatoms. The molecule has 1 aromatic carbocycles. The Kier molecular flexibility index (Phi) is 6.37. The Morgan fingerprint density at radius 3 is 2.85 bits per heavy atom. The average molecular weight is 340 g/mol. The second kappa shape index (κ2) is 8.04. The Morgan fingerprint density at radius 1 is 1.25 bits per heavy atom. The van der Waals surface area contributed by atoms with Crippen LogP contribution >= 0.6 is 15.9 Å². The van der Waals surface area contributed by atoms with Gasteiger partial charge < -0.3 is 10.1 Å². The van der Waals surface area contributed by atoms with E-state index in [0.29, 0.717) is 6.04 Å². The highest BCUT2D eigenvalue weighted by Gasteiger charge is 2.18. The molecular formula is C17H26BrNO. The molecule has 1 heterocycles. The van der Waals surface area contributed by atoms with Gasteiger partial charge in [-0.25, -0.2) is 0 Å². The maximum absolute atomic E-state index is 5.82. The summed E-state index contributed by atoms with van der Waals surface area (Å²) in [5.41, 5.74) is 2.73. The molecule has 0 fully saturated rings. The summed E-state index contributed by atoms with van der Waals surface area (Å²) < 4.78 is 7.00. The Labute approximate surface area is 131 Å². The third kappa shape index (κ3) is 4.23. The highest BCUT2D eigenvalue weighted by Crippen LogP contribution is 2.33. The first-order valence-electron chi connectivity index (χ1n) is 7.92. The number of benzene rings is 1. The van der Waals surface area contributed by atoms with Crippen LogP contribution in [0.5, 0.6) is 5.75 Å². The number of hydrogen-bond acceptors (Lipinski definition) is 2. The molecule has 0 amide bonds. The van der Waals surface area contributed by atoms with Crippen LogP contribution in [0.3, 0.4) is 0 Å². The summed E-state index contributed by atoms with van der Waals surface area (Å²) in [5.74, 6) is 1.15. The summed E-state index contributed by atoms with van der Waals surface area (Å²) in [6.07, 6.45) is 7.05. The smallest absolute Gasteiger partial charge is 0.125 e. The Morgan fingerprint density at radius 2 is 2.10 bits per heavy atom. The number of fused-ring (bicyclic) bond motifs is 1. The molecule has 0 aromatic heterocycles. The van der Waals surface area contributed by atoms with Crippen LogP contribution in [0.15, 0.2) is 16.6 Å². The molecule has 2 rings (SSSR count). The minimum atomic E-state index is 0.635. The predicted octanol–water partition coefficient (Wildman–Crippen LogP) is 4.48. The van der Waals surface area contributed by atoms with Crippen molar-refractivity contribution in [2.24, 2.45) is 0 Å². The molecule has 0 bridgehead atoms. The van der Waals surface area contributed by atoms with E-state index in [9.17, 15) is 0 Å². The van der Waals surface area contributed by atoms with Crippen LogP contribution in [-0.4, -0.2) is 19.2 Å². The maximum atomic E-state index is 5.82. The third-order valence-corrected chi connectivity index (χ3v) is 4.37. The topological polar surface area (TPSA) is 21.3 Å². The van der Waals surface area contributed by atoms with Gasteiger partial charge in [0.2, 0.25) is 0 Å². The highest BCUT2D eigenvalue weighted by atomic mass is 79.9. The zero-order valence-corrected chi connectivity index (χ0v) is 14.3. The number of rotatable bonds is 8. The molecule has 1 aliphatic rings. The van der Waals surface area contributed by atoms with Crippen LogP contribution in [0.2, 0.25) is 0 Å². The van der Waals surface area contributed by atoms with Crippen molar-refractivity contribution in [2.75, 3.05) is 13.2 Å². The second-order valence-corrected chi connectivity index (χ2v) is 6.55. The van der Waals surface area contributed by atoms with Gasteiger partial charge in [0, 0.05) is 16.9 Å². The lowest BCUT2D eigenvalue weighted by molar-refractivity contribution is 0.351. The number of ether oxygens (including phenoxy) is 1. The lowest BCUT2D eigenvalue weighted by Crippen LogP contribution is -2.30. The molecule has 1 atom stereocenters. The molecule has 1 unspecified atom stereocenters. The van der Waals surface area contributed by atoms with Gasteiger partial charge in [0.15, 0.2) is 0 Å². The molecule has 1 N–H and O–H groups in total. The van der Waals surface area contributed by atoms with Gasteiger partial charge in [0.1, 0.15) is 5.75 Å². The van der Waals surface area contributed by atoms with E-state index in [1.54, 1.807) is 0 Å². The van der Waals surface area contributed by atoms with Gasteiger partial charge in [0.05, 0.1) is 6.61 Å². The fourth-order valence-corrected chi connectivity index (χ4v) is 3.46. The molecule has 112 valence electrons. The minimum Gasteiger partial charge on any atom is -0.493 e. The van der Waals surface area contributed by atoms with Crippen LogP contribution in [-0.2, 0) is 12.8 Å². The minimum absolute atomic E-state index is 0.635. The van der Waals surface area contributed by atoms with Gasteiger partial charge in [-0.1, -0.05) is 36.2 Å². The van der Waals surface area contributed by atoms with E-state index in [-0.39, 0.29) is 0 Å². The summed E-state index contributed by atoms with van der Waals surface area (Å²) in [6.45, 7) is 6.45. The fourth-order valence-electron chi connectivity index (χ4n) is 2.91. The predicted molar refractivity (Wildman–Crippen MR) is 88.7 cm³/mol. The second-order valence-electron chi connectivity index (χ2n) is 5.63. The van der Waals surface area contributed by atoms with Gasteiger partial charge in [-0.05, 0) is 55.5 Å². The van der Waals surface area contributed by atoms with Crippen LogP contribution in [0.1, 0.15) is 50.7 Å². The summed E-state index contributed by atoms with van der Waals surface area (Å²) >= 11 is 3.62. The van der Waals surface area contributed by atoms with E-state index in [2.05, 4.69) is 47.2 Å². The number of halogens is 1. The Balaban J connectivity index is 1.98. The monoisotopic (exact) mass is 339 g/mol. The average Bonchev–Trinajstić information content (AvgIpc) is 2.89. The SMILES string of the molecule is CCCNC(CCC)CCc1cc(Br)cc2c1OCC2. The van der Waals surface area contributed by atoms with Crippen LogP contribution in [0.4, 0.5) is 0 Å². The Hall–Kier alpha value is -0.540. The van der Waals surface area contributed by atoms with E-state index in [1.165, 1.54) is 41.3 Å². The van der Waals surface area contributed by atoms with Gasteiger partial charge in [0.25, 0.3) is 0 Å². The molecular weight excluding hydrogens is 314 g/mol.